The Balaban J connectivity index is 1.65. The molecule has 0 aromatic heterocycles. The van der Waals surface area contributed by atoms with Crippen LogP contribution in [0.1, 0.15) is 26.2 Å². The van der Waals surface area contributed by atoms with Gasteiger partial charge in [0.25, 0.3) is 10.0 Å². The summed E-state index contributed by atoms with van der Waals surface area (Å²) >= 11 is 0. The molecule has 0 saturated heterocycles. The van der Waals surface area contributed by atoms with E-state index >= 15 is 0 Å². The second-order valence-corrected chi connectivity index (χ2v) is 7.80. The van der Waals surface area contributed by atoms with Gasteiger partial charge < -0.3 is 14.8 Å². The fourth-order valence-corrected chi connectivity index (χ4v) is 3.74. The lowest BCUT2D eigenvalue weighted by Gasteiger charge is -2.19. The molecule has 0 fully saturated rings. The predicted octanol–water partition coefficient (Wildman–Crippen LogP) is 3.86. The van der Waals surface area contributed by atoms with Gasteiger partial charge in [0, 0.05) is 24.0 Å². The first-order chi connectivity index (χ1) is 12.6. The Kier molecular flexibility index (Phi) is 5.88. The van der Waals surface area contributed by atoms with E-state index in [-0.39, 0.29) is 4.90 Å². The average molecular weight is 376 g/mol. The van der Waals surface area contributed by atoms with Crippen LogP contribution in [0.15, 0.2) is 47.4 Å². The zero-order valence-corrected chi connectivity index (χ0v) is 15.6. The second kappa shape index (κ2) is 8.31. The zero-order valence-electron chi connectivity index (χ0n) is 14.8. The Labute approximate surface area is 154 Å². The molecule has 1 aliphatic heterocycles. The maximum absolute atomic E-state index is 12.6. The topological polar surface area (TPSA) is 76.7 Å². The molecule has 1 aliphatic rings. The van der Waals surface area contributed by atoms with E-state index in [1.54, 1.807) is 18.2 Å². The Morgan fingerprint density at radius 3 is 2.35 bits per heavy atom. The van der Waals surface area contributed by atoms with E-state index in [9.17, 15) is 8.42 Å². The van der Waals surface area contributed by atoms with Crippen molar-refractivity contribution in [1.82, 2.24) is 0 Å². The van der Waals surface area contributed by atoms with E-state index < -0.39 is 10.0 Å². The monoisotopic (exact) mass is 376 g/mol. The number of benzene rings is 2. The van der Waals surface area contributed by atoms with Crippen LogP contribution in [-0.4, -0.2) is 28.2 Å². The lowest BCUT2D eigenvalue weighted by molar-refractivity contribution is 0.171. The third-order valence-electron chi connectivity index (χ3n) is 4.07. The van der Waals surface area contributed by atoms with Gasteiger partial charge in [-0.2, -0.15) is 0 Å². The first-order valence-corrected chi connectivity index (χ1v) is 10.3. The Bertz CT molecular complexity index is 835. The van der Waals surface area contributed by atoms with E-state index in [0.717, 1.165) is 18.7 Å². The maximum Gasteiger partial charge on any atom is 0.262 e. The molecule has 0 spiro atoms. The smallest absolute Gasteiger partial charge is 0.262 e. The SMILES string of the molecule is CCCCCNc1ccc(NS(=O)(=O)c2ccc3c(c2)OCCO3)cc1. The summed E-state index contributed by atoms with van der Waals surface area (Å²) in [6.07, 6.45) is 3.50. The summed E-state index contributed by atoms with van der Waals surface area (Å²) in [4.78, 5) is 0.142. The number of hydrogen-bond acceptors (Lipinski definition) is 5. The molecule has 0 aliphatic carbocycles. The normalized spacial score (nSPS) is 13.3. The predicted molar refractivity (Wildman–Crippen MR) is 103 cm³/mol. The number of nitrogens with one attached hydrogen (secondary N) is 2. The van der Waals surface area contributed by atoms with E-state index in [2.05, 4.69) is 17.0 Å². The van der Waals surface area contributed by atoms with Gasteiger partial charge in [-0.05, 0) is 42.8 Å². The lowest BCUT2D eigenvalue weighted by Crippen LogP contribution is -2.17. The zero-order chi connectivity index (χ0) is 18.4. The highest BCUT2D eigenvalue weighted by atomic mass is 32.2. The van der Waals surface area contributed by atoms with Gasteiger partial charge in [0.15, 0.2) is 11.5 Å². The van der Waals surface area contributed by atoms with Crippen molar-refractivity contribution in [3.05, 3.63) is 42.5 Å². The molecular formula is C19H24N2O4S. The third-order valence-corrected chi connectivity index (χ3v) is 5.45. The van der Waals surface area contributed by atoms with Crippen LogP contribution in [0.25, 0.3) is 0 Å². The molecular weight excluding hydrogens is 352 g/mol. The fourth-order valence-electron chi connectivity index (χ4n) is 2.67. The van der Waals surface area contributed by atoms with Crippen LogP contribution in [0.3, 0.4) is 0 Å². The van der Waals surface area contributed by atoms with Crippen molar-refractivity contribution in [2.24, 2.45) is 0 Å². The van der Waals surface area contributed by atoms with Crippen LogP contribution in [0.2, 0.25) is 0 Å². The summed E-state index contributed by atoms with van der Waals surface area (Å²) in [5.74, 6) is 1.01. The summed E-state index contributed by atoms with van der Waals surface area (Å²) in [5.41, 5.74) is 1.49. The Morgan fingerprint density at radius 2 is 1.62 bits per heavy atom. The summed E-state index contributed by atoms with van der Waals surface area (Å²) in [6, 6.07) is 11.9. The molecule has 0 unspecified atom stereocenters. The van der Waals surface area contributed by atoms with Crippen molar-refractivity contribution in [2.45, 2.75) is 31.1 Å². The van der Waals surface area contributed by atoms with Crippen LogP contribution >= 0.6 is 0 Å². The molecule has 26 heavy (non-hydrogen) atoms. The molecule has 7 heteroatoms. The van der Waals surface area contributed by atoms with Crippen LogP contribution in [-0.2, 0) is 10.0 Å². The first kappa shape index (κ1) is 18.4. The molecule has 2 aromatic carbocycles. The molecule has 3 rings (SSSR count). The first-order valence-electron chi connectivity index (χ1n) is 8.85. The van der Waals surface area contributed by atoms with Crippen molar-refractivity contribution < 1.29 is 17.9 Å². The summed E-state index contributed by atoms with van der Waals surface area (Å²) in [6.45, 7) is 3.96. The van der Waals surface area contributed by atoms with Gasteiger partial charge in [-0.3, -0.25) is 4.72 Å². The molecule has 0 atom stereocenters. The van der Waals surface area contributed by atoms with Gasteiger partial charge in [0.05, 0.1) is 4.90 Å². The molecule has 6 nitrogen and oxygen atoms in total. The van der Waals surface area contributed by atoms with Gasteiger partial charge >= 0.3 is 0 Å². The van der Waals surface area contributed by atoms with Gasteiger partial charge in [-0.15, -0.1) is 0 Å². The standard InChI is InChI=1S/C19H24N2O4S/c1-2-3-4-11-20-15-5-7-16(8-6-15)21-26(22,23)17-9-10-18-19(14-17)25-13-12-24-18/h5-10,14,20-21H,2-4,11-13H2,1H3. The summed E-state index contributed by atoms with van der Waals surface area (Å²) < 4.78 is 38.7. The van der Waals surface area contributed by atoms with Crippen molar-refractivity contribution >= 4 is 21.4 Å². The van der Waals surface area contributed by atoms with Gasteiger partial charge in [-0.1, -0.05) is 19.8 Å². The maximum atomic E-state index is 12.6. The highest BCUT2D eigenvalue weighted by molar-refractivity contribution is 7.92. The Morgan fingerprint density at radius 1 is 0.923 bits per heavy atom. The molecule has 140 valence electrons. The van der Waals surface area contributed by atoms with Gasteiger partial charge in [0.1, 0.15) is 13.2 Å². The van der Waals surface area contributed by atoms with Crippen LogP contribution in [0.5, 0.6) is 11.5 Å². The van der Waals surface area contributed by atoms with Gasteiger partial charge in [0.2, 0.25) is 0 Å². The quantitative estimate of drug-likeness (QED) is 0.684. The minimum atomic E-state index is -3.69. The average Bonchev–Trinajstić information content (AvgIpc) is 2.66. The van der Waals surface area contributed by atoms with E-state index in [0.29, 0.717) is 30.4 Å². The number of anilines is 2. The highest BCUT2D eigenvalue weighted by Crippen LogP contribution is 2.32. The molecule has 2 aromatic rings. The Hall–Kier alpha value is -2.41. The van der Waals surface area contributed by atoms with E-state index in [1.165, 1.54) is 25.0 Å². The lowest BCUT2D eigenvalue weighted by atomic mass is 10.2. The molecule has 0 radical (unpaired) electrons. The molecule has 0 saturated carbocycles. The van der Waals surface area contributed by atoms with Crippen molar-refractivity contribution in [2.75, 3.05) is 29.8 Å². The van der Waals surface area contributed by atoms with Crippen LogP contribution < -0.4 is 19.5 Å². The summed E-state index contributed by atoms with van der Waals surface area (Å²) in [7, 11) is -3.69. The number of rotatable bonds is 8. The molecule has 0 bridgehead atoms. The number of fused-ring (bicyclic) bond motifs is 1. The number of unbranched alkanes of at least 4 members (excludes halogenated alkanes) is 2. The molecule has 2 N–H and O–H groups in total. The fraction of sp³-hybridized carbons (Fsp3) is 0.368. The van der Waals surface area contributed by atoms with Crippen molar-refractivity contribution in [3.63, 3.8) is 0 Å². The van der Waals surface area contributed by atoms with E-state index in [4.69, 9.17) is 9.47 Å². The second-order valence-electron chi connectivity index (χ2n) is 6.12. The largest absolute Gasteiger partial charge is 0.486 e. The van der Waals surface area contributed by atoms with E-state index in [1.807, 2.05) is 12.1 Å². The molecule has 0 amide bonds. The van der Waals surface area contributed by atoms with Crippen LogP contribution in [0.4, 0.5) is 11.4 Å². The number of hydrogen-bond donors (Lipinski definition) is 2. The van der Waals surface area contributed by atoms with Crippen molar-refractivity contribution in [1.29, 1.82) is 0 Å². The molecule has 1 heterocycles. The minimum Gasteiger partial charge on any atom is -0.486 e. The van der Waals surface area contributed by atoms with Crippen LogP contribution in [0, 0.1) is 0 Å². The minimum absolute atomic E-state index is 0.142. The third kappa shape index (κ3) is 4.60. The highest BCUT2D eigenvalue weighted by Gasteiger charge is 2.19. The summed E-state index contributed by atoms with van der Waals surface area (Å²) in [5, 5.41) is 3.33. The number of ether oxygens (including phenoxy) is 2. The van der Waals surface area contributed by atoms with Crippen molar-refractivity contribution in [3.8, 4) is 11.5 Å². The number of sulfonamides is 1. The van der Waals surface area contributed by atoms with Gasteiger partial charge in [-0.25, -0.2) is 8.42 Å².